The molecule has 0 aliphatic heterocycles. The fourth-order valence-corrected chi connectivity index (χ4v) is 2.05. The molecule has 0 spiro atoms. The number of hydrogen-bond acceptors (Lipinski definition) is 3. The van der Waals surface area contributed by atoms with Crippen LogP contribution in [0, 0.1) is 0 Å². The van der Waals surface area contributed by atoms with E-state index in [0.717, 1.165) is 9.90 Å². The Hall–Kier alpha value is -0.580. The molecule has 1 atom stereocenters. The third kappa shape index (κ3) is 3.81. The van der Waals surface area contributed by atoms with Crippen LogP contribution in [0.2, 0.25) is 4.34 Å². The Labute approximate surface area is 99.0 Å². The second-order valence-corrected chi connectivity index (χ2v) is 5.12. The van der Waals surface area contributed by atoms with E-state index in [-0.39, 0.29) is 11.9 Å². The SMILES string of the molecule is CC(NCC(=O)N(C)C)c1csc(Cl)c1. The molecule has 1 amide bonds. The van der Waals surface area contributed by atoms with Gasteiger partial charge >= 0.3 is 0 Å². The minimum absolute atomic E-state index is 0.0724. The smallest absolute Gasteiger partial charge is 0.236 e. The number of amides is 1. The molecule has 0 bridgehead atoms. The summed E-state index contributed by atoms with van der Waals surface area (Å²) in [5, 5.41) is 5.15. The maximum atomic E-state index is 11.3. The van der Waals surface area contributed by atoms with Crippen molar-refractivity contribution in [3.05, 3.63) is 21.3 Å². The Morgan fingerprint density at radius 1 is 1.67 bits per heavy atom. The molecule has 0 saturated carbocycles. The standard InChI is InChI=1S/C10H15ClN2OS/c1-7(8-4-9(11)15-6-8)12-5-10(14)13(2)3/h4,6-7,12H,5H2,1-3H3. The number of halogens is 1. The number of carbonyl (C=O) groups is 1. The van der Waals surface area contributed by atoms with Gasteiger partial charge in [0.25, 0.3) is 0 Å². The molecule has 1 aromatic heterocycles. The largest absolute Gasteiger partial charge is 0.348 e. The number of nitrogens with zero attached hydrogens (tertiary/aromatic N) is 1. The van der Waals surface area contributed by atoms with E-state index in [4.69, 9.17) is 11.6 Å². The summed E-state index contributed by atoms with van der Waals surface area (Å²) in [5.74, 6) is 0.0724. The maximum absolute atomic E-state index is 11.3. The van der Waals surface area contributed by atoms with Gasteiger partial charge < -0.3 is 10.2 Å². The topological polar surface area (TPSA) is 32.3 Å². The molecule has 3 nitrogen and oxygen atoms in total. The summed E-state index contributed by atoms with van der Waals surface area (Å²) in [4.78, 5) is 12.9. The van der Waals surface area contributed by atoms with Crippen molar-refractivity contribution in [2.75, 3.05) is 20.6 Å². The molecule has 0 radical (unpaired) electrons. The highest BCUT2D eigenvalue weighted by molar-refractivity contribution is 7.14. The summed E-state index contributed by atoms with van der Waals surface area (Å²) in [6, 6.07) is 2.07. The number of carbonyl (C=O) groups excluding carboxylic acids is 1. The van der Waals surface area contributed by atoms with E-state index in [1.165, 1.54) is 11.3 Å². The highest BCUT2D eigenvalue weighted by Crippen LogP contribution is 2.24. The lowest BCUT2D eigenvalue weighted by Gasteiger charge is -2.15. The molecule has 1 unspecified atom stereocenters. The Kier molecular flexibility index (Phi) is 4.57. The Morgan fingerprint density at radius 2 is 2.33 bits per heavy atom. The third-order valence-corrected chi connectivity index (χ3v) is 3.26. The highest BCUT2D eigenvalue weighted by Gasteiger charge is 2.10. The van der Waals surface area contributed by atoms with Gasteiger partial charge in [-0.1, -0.05) is 11.6 Å². The lowest BCUT2D eigenvalue weighted by atomic mass is 10.2. The minimum atomic E-state index is 0.0724. The molecule has 84 valence electrons. The second-order valence-electron chi connectivity index (χ2n) is 3.57. The Bertz CT molecular complexity index is 338. The summed E-state index contributed by atoms with van der Waals surface area (Å²) in [7, 11) is 3.49. The van der Waals surface area contributed by atoms with Crippen molar-refractivity contribution in [3.8, 4) is 0 Å². The van der Waals surface area contributed by atoms with Crippen LogP contribution in [0.4, 0.5) is 0 Å². The van der Waals surface area contributed by atoms with E-state index in [0.29, 0.717) is 6.54 Å². The quantitative estimate of drug-likeness (QED) is 0.883. The molecule has 1 N–H and O–H groups in total. The van der Waals surface area contributed by atoms with Gasteiger partial charge in [0.2, 0.25) is 5.91 Å². The summed E-state index contributed by atoms with van der Waals surface area (Å²) in [5.41, 5.74) is 1.12. The van der Waals surface area contributed by atoms with E-state index < -0.39 is 0 Å². The average molecular weight is 247 g/mol. The number of rotatable bonds is 4. The first kappa shape index (κ1) is 12.5. The molecule has 5 heteroatoms. The molecule has 0 fully saturated rings. The van der Waals surface area contributed by atoms with Gasteiger partial charge in [-0.15, -0.1) is 11.3 Å². The van der Waals surface area contributed by atoms with Crippen molar-refractivity contribution < 1.29 is 4.79 Å². The van der Waals surface area contributed by atoms with Gasteiger partial charge in [-0.2, -0.15) is 0 Å². The van der Waals surface area contributed by atoms with Gasteiger partial charge in [-0.25, -0.2) is 0 Å². The zero-order valence-corrected chi connectivity index (χ0v) is 10.7. The van der Waals surface area contributed by atoms with Crippen molar-refractivity contribution in [2.24, 2.45) is 0 Å². The van der Waals surface area contributed by atoms with Crippen LogP contribution in [-0.2, 0) is 4.79 Å². The molecule has 1 heterocycles. The predicted octanol–water partition coefficient (Wildman–Crippen LogP) is 2.14. The molecule has 0 aromatic carbocycles. The highest BCUT2D eigenvalue weighted by atomic mass is 35.5. The van der Waals surface area contributed by atoms with Gasteiger partial charge in [0, 0.05) is 20.1 Å². The van der Waals surface area contributed by atoms with Crippen molar-refractivity contribution in [2.45, 2.75) is 13.0 Å². The number of hydrogen-bond donors (Lipinski definition) is 1. The average Bonchev–Trinajstić information content (AvgIpc) is 2.60. The van der Waals surface area contributed by atoms with Crippen molar-refractivity contribution in [1.29, 1.82) is 0 Å². The maximum Gasteiger partial charge on any atom is 0.236 e. The molecule has 0 aliphatic rings. The zero-order valence-electron chi connectivity index (χ0n) is 9.08. The monoisotopic (exact) mass is 246 g/mol. The first-order valence-corrected chi connectivity index (χ1v) is 5.94. The number of likely N-dealkylation sites (N-methyl/N-ethyl adjacent to an activating group) is 1. The summed E-state index contributed by atoms with van der Waals surface area (Å²) >= 11 is 7.34. The molecule has 1 rings (SSSR count). The molecule has 1 aromatic rings. The fraction of sp³-hybridized carbons (Fsp3) is 0.500. The Balaban J connectivity index is 2.43. The van der Waals surface area contributed by atoms with Crippen LogP contribution in [0.25, 0.3) is 0 Å². The van der Waals surface area contributed by atoms with E-state index in [1.807, 2.05) is 18.4 Å². The summed E-state index contributed by atoms with van der Waals surface area (Å²) in [6.07, 6.45) is 0. The van der Waals surface area contributed by atoms with Crippen molar-refractivity contribution >= 4 is 28.8 Å². The molecule has 0 aliphatic carbocycles. The fourth-order valence-electron chi connectivity index (χ4n) is 1.07. The minimum Gasteiger partial charge on any atom is -0.348 e. The number of nitrogens with one attached hydrogen (secondary N) is 1. The van der Waals surface area contributed by atoms with E-state index in [9.17, 15) is 4.79 Å². The van der Waals surface area contributed by atoms with E-state index in [2.05, 4.69) is 5.32 Å². The summed E-state index contributed by atoms with van der Waals surface area (Å²) in [6.45, 7) is 2.36. The van der Waals surface area contributed by atoms with Gasteiger partial charge in [-0.3, -0.25) is 4.79 Å². The normalized spacial score (nSPS) is 12.5. The molecule has 15 heavy (non-hydrogen) atoms. The van der Waals surface area contributed by atoms with Crippen molar-refractivity contribution in [1.82, 2.24) is 10.2 Å². The molecule has 0 saturated heterocycles. The number of thiophene rings is 1. The van der Waals surface area contributed by atoms with Gasteiger partial charge in [0.1, 0.15) is 0 Å². The first-order valence-electron chi connectivity index (χ1n) is 4.68. The molecular weight excluding hydrogens is 232 g/mol. The van der Waals surface area contributed by atoms with Crippen LogP contribution in [0.15, 0.2) is 11.4 Å². The van der Waals surface area contributed by atoms with Crippen LogP contribution >= 0.6 is 22.9 Å². The van der Waals surface area contributed by atoms with E-state index >= 15 is 0 Å². The van der Waals surface area contributed by atoms with Crippen molar-refractivity contribution in [3.63, 3.8) is 0 Å². The lowest BCUT2D eigenvalue weighted by Crippen LogP contribution is -2.34. The molecular formula is C10H15ClN2OS. The third-order valence-electron chi connectivity index (χ3n) is 2.15. The second kappa shape index (κ2) is 5.49. The Morgan fingerprint density at radius 3 is 2.80 bits per heavy atom. The van der Waals surface area contributed by atoms with Gasteiger partial charge in [0.05, 0.1) is 10.9 Å². The zero-order chi connectivity index (χ0) is 11.4. The van der Waals surface area contributed by atoms with E-state index in [1.54, 1.807) is 19.0 Å². The van der Waals surface area contributed by atoms with Gasteiger partial charge in [-0.05, 0) is 23.9 Å². The van der Waals surface area contributed by atoms with Crippen LogP contribution in [-0.4, -0.2) is 31.4 Å². The van der Waals surface area contributed by atoms with Crippen LogP contribution in [0.1, 0.15) is 18.5 Å². The predicted molar refractivity (Wildman–Crippen MR) is 64.4 cm³/mol. The summed E-state index contributed by atoms with van der Waals surface area (Å²) < 4.78 is 0.776. The van der Waals surface area contributed by atoms with Gasteiger partial charge in [0.15, 0.2) is 0 Å². The van der Waals surface area contributed by atoms with Crippen LogP contribution in [0.5, 0.6) is 0 Å². The van der Waals surface area contributed by atoms with Crippen LogP contribution in [0.3, 0.4) is 0 Å². The first-order chi connectivity index (χ1) is 7.00. The van der Waals surface area contributed by atoms with Crippen LogP contribution < -0.4 is 5.32 Å². The lowest BCUT2D eigenvalue weighted by molar-refractivity contribution is -0.127.